The topological polar surface area (TPSA) is 97.8 Å². The Morgan fingerprint density at radius 1 is 1.03 bits per heavy atom. The highest BCUT2D eigenvalue weighted by Gasteiger charge is 2.36. The number of nitrogens with zero attached hydrogens (tertiary/aromatic N) is 1. The smallest absolute Gasteiger partial charge is 0.339 e. The van der Waals surface area contributed by atoms with E-state index in [9.17, 15) is 22.8 Å². The number of carbonyl (C=O) groups excluding carboxylic acids is 3. The van der Waals surface area contributed by atoms with E-state index >= 15 is 0 Å². The van der Waals surface area contributed by atoms with Gasteiger partial charge in [-0.25, -0.2) is 13.2 Å². The van der Waals surface area contributed by atoms with Crippen molar-refractivity contribution in [2.24, 2.45) is 0 Å². The SMILES string of the molecule is CCC(C)N(C(=O)COC(=O)c1ccccc1C(=O)c1ccccc1)C1CCS(=O)(=O)C1. The van der Waals surface area contributed by atoms with Crippen LogP contribution in [0.25, 0.3) is 0 Å². The molecule has 0 bridgehead atoms. The lowest BCUT2D eigenvalue weighted by atomic mass is 9.98. The summed E-state index contributed by atoms with van der Waals surface area (Å²) < 4.78 is 29.1. The van der Waals surface area contributed by atoms with Crippen molar-refractivity contribution in [2.75, 3.05) is 18.1 Å². The maximum Gasteiger partial charge on any atom is 0.339 e. The fourth-order valence-corrected chi connectivity index (χ4v) is 5.60. The Bertz CT molecular complexity index is 1100. The van der Waals surface area contributed by atoms with Gasteiger partial charge >= 0.3 is 5.97 Å². The lowest BCUT2D eigenvalue weighted by Gasteiger charge is -2.33. The number of carbonyl (C=O) groups is 3. The maximum atomic E-state index is 12.9. The van der Waals surface area contributed by atoms with E-state index in [1.54, 1.807) is 48.5 Å². The molecule has 1 fully saturated rings. The fourth-order valence-electron chi connectivity index (χ4n) is 3.88. The molecule has 2 atom stereocenters. The molecular formula is C24H27NO6S. The number of rotatable bonds is 8. The summed E-state index contributed by atoms with van der Waals surface area (Å²) in [5, 5.41) is 0. The van der Waals surface area contributed by atoms with Gasteiger partial charge in [-0.3, -0.25) is 9.59 Å². The summed E-state index contributed by atoms with van der Waals surface area (Å²) in [4.78, 5) is 40.0. The van der Waals surface area contributed by atoms with Gasteiger partial charge in [0.25, 0.3) is 5.91 Å². The van der Waals surface area contributed by atoms with E-state index in [1.807, 2.05) is 13.8 Å². The molecule has 1 saturated heterocycles. The van der Waals surface area contributed by atoms with Gasteiger partial charge in [0.2, 0.25) is 0 Å². The fraction of sp³-hybridized carbons (Fsp3) is 0.375. The molecule has 0 radical (unpaired) electrons. The largest absolute Gasteiger partial charge is 0.452 e. The minimum atomic E-state index is -3.17. The van der Waals surface area contributed by atoms with E-state index in [0.717, 1.165) is 0 Å². The summed E-state index contributed by atoms with van der Waals surface area (Å²) in [5.41, 5.74) is 0.707. The number of ketones is 1. The first-order valence-electron chi connectivity index (χ1n) is 10.6. The van der Waals surface area contributed by atoms with E-state index in [-0.39, 0.29) is 34.5 Å². The molecule has 0 saturated carbocycles. The van der Waals surface area contributed by atoms with Gasteiger partial charge in [0.15, 0.2) is 22.2 Å². The van der Waals surface area contributed by atoms with Crippen molar-refractivity contribution in [3.05, 3.63) is 71.3 Å². The highest BCUT2D eigenvalue weighted by Crippen LogP contribution is 2.22. The van der Waals surface area contributed by atoms with Crippen LogP contribution in [0, 0.1) is 0 Å². The van der Waals surface area contributed by atoms with Crippen LogP contribution >= 0.6 is 0 Å². The van der Waals surface area contributed by atoms with E-state index < -0.39 is 34.4 Å². The third-order valence-electron chi connectivity index (χ3n) is 5.71. The minimum Gasteiger partial charge on any atom is -0.452 e. The number of hydrogen-bond donors (Lipinski definition) is 0. The number of benzene rings is 2. The van der Waals surface area contributed by atoms with Crippen molar-refractivity contribution >= 4 is 27.5 Å². The summed E-state index contributed by atoms with van der Waals surface area (Å²) >= 11 is 0. The normalized spacial score (nSPS) is 18.0. The van der Waals surface area contributed by atoms with E-state index in [2.05, 4.69) is 0 Å². The molecule has 32 heavy (non-hydrogen) atoms. The Balaban J connectivity index is 1.74. The van der Waals surface area contributed by atoms with Crippen LogP contribution in [0.2, 0.25) is 0 Å². The molecule has 3 rings (SSSR count). The van der Waals surface area contributed by atoms with Crippen molar-refractivity contribution in [3.63, 3.8) is 0 Å². The second-order valence-corrected chi connectivity index (χ2v) is 10.2. The Hall–Kier alpha value is -3.00. The molecule has 1 amide bonds. The number of sulfone groups is 1. The zero-order valence-corrected chi connectivity index (χ0v) is 19.0. The monoisotopic (exact) mass is 457 g/mol. The van der Waals surface area contributed by atoms with Crippen molar-refractivity contribution in [1.82, 2.24) is 4.90 Å². The number of ether oxygens (including phenoxy) is 1. The Morgan fingerprint density at radius 2 is 1.66 bits per heavy atom. The van der Waals surface area contributed by atoms with E-state index in [1.165, 1.54) is 11.0 Å². The van der Waals surface area contributed by atoms with Crippen LogP contribution < -0.4 is 0 Å². The number of amides is 1. The number of hydrogen-bond acceptors (Lipinski definition) is 6. The van der Waals surface area contributed by atoms with Gasteiger partial charge in [-0.1, -0.05) is 55.5 Å². The second-order valence-electron chi connectivity index (χ2n) is 7.93. The van der Waals surface area contributed by atoms with Crippen molar-refractivity contribution in [3.8, 4) is 0 Å². The molecule has 1 heterocycles. The molecule has 8 heteroatoms. The van der Waals surface area contributed by atoms with Gasteiger partial charge in [-0.2, -0.15) is 0 Å². The molecule has 0 aliphatic carbocycles. The quantitative estimate of drug-likeness (QED) is 0.447. The standard InChI is InChI=1S/C24H27NO6S/c1-3-17(2)25(19-13-14-32(29,30)16-19)22(26)15-31-24(28)21-12-8-7-11-20(21)23(27)18-9-5-4-6-10-18/h4-12,17,19H,3,13-16H2,1-2H3. The predicted molar refractivity (Wildman–Crippen MR) is 120 cm³/mol. The predicted octanol–water partition coefficient (Wildman–Crippen LogP) is 2.89. The summed E-state index contributed by atoms with van der Waals surface area (Å²) in [5.74, 6) is -1.57. The van der Waals surface area contributed by atoms with E-state index in [4.69, 9.17) is 4.74 Å². The summed E-state index contributed by atoms with van der Waals surface area (Å²) in [6.07, 6.45) is 1.02. The van der Waals surface area contributed by atoms with Crippen LogP contribution in [0.4, 0.5) is 0 Å². The maximum absolute atomic E-state index is 12.9. The second kappa shape index (κ2) is 10.1. The lowest BCUT2D eigenvalue weighted by Crippen LogP contribution is -2.48. The first-order valence-corrected chi connectivity index (χ1v) is 12.4. The molecule has 0 N–H and O–H groups in total. The van der Waals surface area contributed by atoms with Crippen LogP contribution in [0.1, 0.15) is 53.0 Å². The van der Waals surface area contributed by atoms with Crippen molar-refractivity contribution in [1.29, 1.82) is 0 Å². The molecule has 170 valence electrons. The Kier molecular flexibility index (Phi) is 7.45. The first kappa shape index (κ1) is 23.7. The molecule has 2 aromatic rings. The zero-order valence-electron chi connectivity index (χ0n) is 18.2. The molecule has 2 unspecified atom stereocenters. The first-order chi connectivity index (χ1) is 15.2. The van der Waals surface area contributed by atoms with Gasteiger partial charge in [-0.05, 0) is 25.8 Å². The van der Waals surface area contributed by atoms with Gasteiger partial charge < -0.3 is 9.64 Å². The van der Waals surface area contributed by atoms with Crippen LogP contribution in [0.3, 0.4) is 0 Å². The van der Waals surface area contributed by atoms with Gasteiger partial charge in [0, 0.05) is 23.2 Å². The van der Waals surface area contributed by atoms with E-state index in [0.29, 0.717) is 18.4 Å². The molecule has 0 aromatic heterocycles. The van der Waals surface area contributed by atoms with Gasteiger partial charge in [-0.15, -0.1) is 0 Å². The summed E-state index contributed by atoms with van der Waals surface area (Å²) in [6, 6.07) is 14.3. The summed E-state index contributed by atoms with van der Waals surface area (Å²) in [6.45, 7) is 3.23. The van der Waals surface area contributed by atoms with Crippen molar-refractivity contribution in [2.45, 2.75) is 38.8 Å². The van der Waals surface area contributed by atoms with Crippen LogP contribution in [-0.4, -0.2) is 61.2 Å². The van der Waals surface area contributed by atoms with Crippen LogP contribution in [-0.2, 0) is 19.4 Å². The Labute approximate surface area is 188 Å². The molecule has 1 aliphatic rings. The third kappa shape index (κ3) is 5.43. The molecule has 7 nitrogen and oxygen atoms in total. The average molecular weight is 458 g/mol. The lowest BCUT2D eigenvalue weighted by molar-refractivity contribution is -0.138. The summed E-state index contributed by atoms with van der Waals surface area (Å²) in [7, 11) is -3.17. The van der Waals surface area contributed by atoms with Gasteiger partial charge in [0.05, 0.1) is 17.1 Å². The highest BCUT2D eigenvalue weighted by atomic mass is 32.2. The zero-order chi connectivity index (χ0) is 23.3. The van der Waals surface area contributed by atoms with Crippen molar-refractivity contribution < 1.29 is 27.5 Å². The average Bonchev–Trinajstić information content (AvgIpc) is 3.16. The highest BCUT2D eigenvalue weighted by molar-refractivity contribution is 7.91. The minimum absolute atomic E-state index is 0.0483. The molecule has 0 spiro atoms. The number of esters is 1. The molecular weight excluding hydrogens is 430 g/mol. The van der Waals surface area contributed by atoms with Crippen LogP contribution in [0.5, 0.6) is 0 Å². The molecule has 1 aliphatic heterocycles. The van der Waals surface area contributed by atoms with Crippen LogP contribution in [0.15, 0.2) is 54.6 Å². The van der Waals surface area contributed by atoms with Gasteiger partial charge in [0.1, 0.15) is 0 Å². The molecule has 2 aromatic carbocycles. The third-order valence-corrected chi connectivity index (χ3v) is 7.46. The Morgan fingerprint density at radius 3 is 2.25 bits per heavy atom.